The van der Waals surface area contributed by atoms with E-state index < -0.39 is 0 Å². The van der Waals surface area contributed by atoms with E-state index in [2.05, 4.69) is 16.8 Å². The van der Waals surface area contributed by atoms with Crippen molar-refractivity contribution in [2.24, 2.45) is 5.41 Å². The van der Waals surface area contributed by atoms with Crippen LogP contribution >= 0.6 is 22.7 Å². The maximum atomic E-state index is 12.5. The Hall–Kier alpha value is -1.66. The quantitative estimate of drug-likeness (QED) is 0.815. The van der Waals surface area contributed by atoms with Gasteiger partial charge in [0.25, 0.3) is 5.91 Å². The molecule has 0 N–H and O–H groups in total. The van der Waals surface area contributed by atoms with Gasteiger partial charge in [-0.3, -0.25) is 9.59 Å². The first kappa shape index (κ1) is 16.8. The second-order valence-electron chi connectivity index (χ2n) is 7.13. The fraction of sp³-hybridized carbons (Fsp3) is 0.474. The molecule has 0 radical (unpaired) electrons. The summed E-state index contributed by atoms with van der Waals surface area (Å²) in [7, 11) is 0. The van der Waals surface area contributed by atoms with E-state index in [1.807, 2.05) is 27.3 Å². The largest absolute Gasteiger partial charge is 0.338 e. The summed E-state index contributed by atoms with van der Waals surface area (Å²) in [6.45, 7) is 3.99. The van der Waals surface area contributed by atoms with E-state index in [-0.39, 0.29) is 17.2 Å². The van der Waals surface area contributed by atoms with Crippen LogP contribution in [0.2, 0.25) is 0 Å². The highest BCUT2D eigenvalue weighted by Crippen LogP contribution is 2.57. The Morgan fingerprint density at radius 2 is 2.08 bits per heavy atom. The smallest absolute Gasteiger partial charge is 0.263 e. The van der Waals surface area contributed by atoms with Gasteiger partial charge in [-0.25, -0.2) is 0 Å². The Morgan fingerprint density at radius 3 is 2.68 bits per heavy atom. The first-order chi connectivity index (χ1) is 12.1. The van der Waals surface area contributed by atoms with Gasteiger partial charge in [-0.15, -0.1) is 11.3 Å². The number of nitrogens with zero attached hydrogens (tertiary/aromatic N) is 2. The summed E-state index contributed by atoms with van der Waals surface area (Å²) in [6.07, 6.45) is 3.09. The van der Waals surface area contributed by atoms with Crippen LogP contribution in [0.15, 0.2) is 34.3 Å². The van der Waals surface area contributed by atoms with Crippen molar-refractivity contribution in [3.63, 3.8) is 0 Å². The van der Waals surface area contributed by atoms with Gasteiger partial charge in [0.1, 0.15) is 0 Å². The average molecular weight is 375 g/mol. The van der Waals surface area contributed by atoms with Crippen LogP contribution in [0.1, 0.15) is 41.4 Å². The molecular weight excluding hydrogens is 352 g/mol. The summed E-state index contributed by atoms with van der Waals surface area (Å²) in [5, 5.41) is 6.13. The van der Waals surface area contributed by atoms with E-state index in [0.29, 0.717) is 12.6 Å². The number of likely N-dealkylation sites (tertiary alicyclic amines) is 1. The molecule has 2 aromatic rings. The summed E-state index contributed by atoms with van der Waals surface area (Å²) in [5.74, 6) is 0.314. The Labute approximate surface area is 156 Å². The highest BCUT2D eigenvalue weighted by molar-refractivity contribution is 7.12. The number of piperidine rings is 1. The molecule has 4 rings (SSSR count). The third-order valence-electron chi connectivity index (χ3n) is 5.64. The molecule has 1 aliphatic heterocycles. The van der Waals surface area contributed by atoms with Crippen molar-refractivity contribution in [3.05, 3.63) is 44.8 Å². The monoisotopic (exact) mass is 374 g/mol. The van der Waals surface area contributed by atoms with Gasteiger partial charge in [-0.05, 0) is 58.5 Å². The topological polar surface area (TPSA) is 40.6 Å². The zero-order chi connectivity index (χ0) is 17.4. The number of hydrogen-bond acceptors (Lipinski definition) is 4. The Morgan fingerprint density at radius 1 is 1.28 bits per heavy atom. The molecular formula is C19H22N2O2S2. The van der Waals surface area contributed by atoms with Crippen molar-refractivity contribution in [2.75, 3.05) is 13.1 Å². The Kier molecular flexibility index (Phi) is 4.41. The summed E-state index contributed by atoms with van der Waals surface area (Å²) in [6, 6.07) is 6.26. The van der Waals surface area contributed by atoms with Crippen LogP contribution in [0.25, 0.3) is 0 Å². The summed E-state index contributed by atoms with van der Waals surface area (Å²) >= 11 is 3.18. The molecule has 25 heavy (non-hydrogen) atoms. The molecule has 6 heteroatoms. The lowest BCUT2D eigenvalue weighted by molar-refractivity contribution is -0.130. The number of rotatable bonds is 4. The molecule has 1 atom stereocenters. The normalized spacial score (nSPS) is 21.3. The van der Waals surface area contributed by atoms with Crippen molar-refractivity contribution < 1.29 is 9.59 Å². The minimum Gasteiger partial charge on any atom is -0.338 e. The van der Waals surface area contributed by atoms with Crippen molar-refractivity contribution in [2.45, 2.75) is 38.8 Å². The maximum Gasteiger partial charge on any atom is 0.263 e. The van der Waals surface area contributed by atoms with Crippen LogP contribution < -0.4 is 0 Å². The summed E-state index contributed by atoms with van der Waals surface area (Å²) in [5.41, 5.74) is 1.45. The number of amides is 2. The summed E-state index contributed by atoms with van der Waals surface area (Å²) < 4.78 is 0. The molecule has 1 saturated carbocycles. The van der Waals surface area contributed by atoms with Gasteiger partial charge < -0.3 is 9.80 Å². The van der Waals surface area contributed by atoms with Gasteiger partial charge >= 0.3 is 0 Å². The Balaban J connectivity index is 1.38. The van der Waals surface area contributed by atoms with Gasteiger partial charge in [0.2, 0.25) is 5.91 Å². The molecule has 0 unspecified atom stereocenters. The van der Waals surface area contributed by atoms with Gasteiger partial charge in [-0.2, -0.15) is 11.3 Å². The molecule has 2 aliphatic rings. The second-order valence-corrected chi connectivity index (χ2v) is 8.86. The molecule has 1 aliphatic carbocycles. The predicted molar refractivity (Wildman–Crippen MR) is 101 cm³/mol. The molecule has 0 aromatic carbocycles. The van der Waals surface area contributed by atoms with E-state index in [4.69, 9.17) is 0 Å². The molecule has 2 amide bonds. The van der Waals surface area contributed by atoms with Gasteiger partial charge in [0.15, 0.2) is 0 Å². The van der Waals surface area contributed by atoms with Crippen LogP contribution in [0.5, 0.6) is 0 Å². The lowest BCUT2D eigenvalue weighted by atomic mass is 9.92. The number of carbonyl (C=O) groups excluding carboxylic acids is 2. The van der Waals surface area contributed by atoms with Crippen molar-refractivity contribution in [3.8, 4) is 0 Å². The molecule has 132 valence electrons. The fourth-order valence-electron chi connectivity index (χ4n) is 4.04. The number of hydrogen-bond donors (Lipinski definition) is 0. The summed E-state index contributed by atoms with van der Waals surface area (Å²) in [4.78, 5) is 29.5. The number of thiophene rings is 2. The fourth-order valence-corrected chi connectivity index (χ4v) is 5.39. The Bertz CT molecular complexity index is 747. The van der Waals surface area contributed by atoms with E-state index in [1.54, 1.807) is 18.3 Å². The third-order valence-corrected chi connectivity index (χ3v) is 7.23. The average Bonchev–Trinajstić information content (AvgIpc) is 3.07. The molecule has 4 nitrogen and oxygen atoms in total. The second kappa shape index (κ2) is 6.57. The molecule has 3 heterocycles. The van der Waals surface area contributed by atoms with Crippen molar-refractivity contribution in [1.29, 1.82) is 0 Å². The SMILES string of the molecule is CC(=O)N(Cc1ccsc1)[C@@H]1CC12CCN(C(=O)c1cccs1)CC2. The zero-order valence-electron chi connectivity index (χ0n) is 14.3. The van der Waals surface area contributed by atoms with Crippen LogP contribution in [0, 0.1) is 5.41 Å². The first-order valence-corrected chi connectivity index (χ1v) is 10.5. The lowest BCUT2D eigenvalue weighted by Gasteiger charge is -2.34. The van der Waals surface area contributed by atoms with E-state index in [9.17, 15) is 9.59 Å². The number of carbonyl (C=O) groups is 2. The van der Waals surface area contributed by atoms with E-state index in [0.717, 1.165) is 37.2 Å². The predicted octanol–water partition coefficient (Wildman–Crippen LogP) is 3.85. The van der Waals surface area contributed by atoms with E-state index >= 15 is 0 Å². The minimum absolute atomic E-state index is 0.156. The zero-order valence-corrected chi connectivity index (χ0v) is 15.9. The molecule has 1 saturated heterocycles. The molecule has 2 aromatic heterocycles. The van der Waals surface area contributed by atoms with Crippen LogP contribution in [-0.4, -0.2) is 40.7 Å². The highest BCUT2D eigenvalue weighted by atomic mass is 32.1. The van der Waals surface area contributed by atoms with Crippen molar-refractivity contribution >= 4 is 34.5 Å². The first-order valence-electron chi connectivity index (χ1n) is 8.70. The van der Waals surface area contributed by atoms with Gasteiger partial charge in [0.05, 0.1) is 4.88 Å². The van der Waals surface area contributed by atoms with Crippen molar-refractivity contribution in [1.82, 2.24) is 9.80 Å². The van der Waals surface area contributed by atoms with Crippen LogP contribution in [0.3, 0.4) is 0 Å². The third kappa shape index (κ3) is 3.25. The standard InChI is InChI=1S/C19H22N2O2S2/c1-14(22)21(12-15-4-10-24-13-15)17-11-19(17)5-7-20(8-6-19)18(23)16-3-2-9-25-16/h2-4,9-10,13,17H,5-8,11-12H2,1H3/t17-/m1/s1. The lowest BCUT2D eigenvalue weighted by Crippen LogP contribution is -2.42. The minimum atomic E-state index is 0.156. The molecule has 0 bridgehead atoms. The van der Waals surface area contributed by atoms with Crippen LogP contribution in [-0.2, 0) is 11.3 Å². The van der Waals surface area contributed by atoms with E-state index in [1.165, 1.54) is 16.9 Å². The molecule has 1 spiro atoms. The van der Waals surface area contributed by atoms with Gasteiger partial charge in [-0.1, -0.05) is 6.07 Å². The van der Waals surface area contributed by atoms with Gasteiger partial charge in [0, 0.05) is 32.6 Å². The van der Waals surface area contributed by atoms with Crippen LogP contribution in [0.4, 0.5) is 0 Å². The molecule has 2 fully saturated rings. The highest BCUT2D eigenvalue weighted by Gasteiger charge is 2.58. The maximum absolute atomic E-state index is 12.5.